The van der Waals surface area contributed by atoms with Crippen LogP contribution in [0.25, 0.3) is 0 Å². The van der Waals surface area contributed by atoms with Crippen molar-refractivity contribution in [1.29, 1.82) is 0 Å². The number of aliphatic hydroxyl groups is 1. The molecule has 21 heavy (non-hydrogen) atoms. The van der Waals surface area contributed by atoms with Gasteiger partial charge in [-0.05, 0) is 18.9 Å². The van der Waals surface area contributed by atoms with E-state index >= 15 is 0 Å². The van der Waals surface area contributed by atoms with E-state index in [9.17, 15) is 19.5 Å². The third kappa shape index (κ3) is 1.90. The summed E-state index contributed by atoms with van der Waals surface area (Å²) in [5.74, 6) is -2.24. The molecule has 3 atom stereocenters. The summed E-state index contributed by atoms with van der Waals surface area (Å²) in [6.07, 6.45) is 2.77. The van der Waals surface area contributed by atoms with E-state index in [1.165, 1.54) is 7.11 Å². The molecule has 0 amide bonds. The second-order valence-corrected chi connectivity index (χ2v) is 6.29. The summed E-state index contributed by atoms with van der Waals surface area (Å²) in [7, 11) is 1.26. The summed E-state index contributed by atoms with van der Waals surface area (Å²) in [6, 6.07) is 0. The molecule has 2 aliphatic carbocycles. The molecule has 3 rings (SSSR count). The molecule has 0 spiro atoms. The Hall–Kier alpha value is -1.79. The van der Waals surface area contributed by atoms with Crippen molar-refractivity contribution in [3.05, 3.63) is 33.0 Å². The summed E-state index contributed by atoms with van der Waals surface area (Å²) in [4.78, 5) is 37.5. The second-order valence-electron chi connectivity index (χ2n) is 5.27. The number of methoxy groups -OCH3 is 1. The van der Waals surface area contributed by atoms with Crippen LogP contribution in [0.4, 0.5) is 0 Å². The van der Waals surface area contributed by atoms with Crippen molar-refractivity contribution in [3.63, 3.8) is 0 Å². The first kappa shape index (κ1) is 14.2. The zero-order valence-corrected chi connectivity index (χ0v) is 12.4. The van der Waals surface area contributed by atoms with Crippen molar-refractivity contribution < 1.29 is 24.2 Å². The number of fused-ring (bicyclic) bond motifs is 2. The van der Waals surface area contributed by atoms with Gasteiger partial charge in [0.1, 0.15) is 4.88 Å². The fourth-order valence-electron chi connectivity index (χ4n) is 3.08. The molecule has 0 saturated heterocycles. The summed E-state index contributed by atoms with van der Waals surface area (Å²) in [5, 5.41) is 10.0. The van der Waals surface area contributed by atoms with Gasteiger partial charge in [-0.3, -0.25) is 9.59 Å². The summed E-state index contributed by atoms with van der Waals surface area (Å²) in [6.45, 7) is 1.65. The number of rotatable bonds is 1. The maximum Gasteiger partial charge on any atom is 0.348 e. The van der Waals surface area contributed by atoms with E-state index in [0.717, 1.165) is 11.3 Å². The highest BCUT2D eigenvalue weighted by Gasteiger charge is 2.47. The van der Waals surface area contributed by atoms with E-state index in [1.54, 1.807) is 19.1 Å². The zero-order valence-electron chi connectivity index (χ0n) is 11.6. The third-order valence-electron chi connectivity index (χ3n) is 4.15. The number of hydrogen-bond acceptors (Lipinski definition) is 6. The van der Waals surface area contributed by atoms with Gasteiger partial charge in [-0.25, -0.2) is 4.79 Å². The molecule has 110 valence electrons. The minimum atomic E-state index is -0.947. The molecular formula is C15H14O5S. The fraction of sp³-hybridized carbons (Fsp3) is 0.400. The highest BCUT2D eigenvalue weighted by Crippen LogP contribution is 2.42. The minimum absolute atomic E-state index is 0.165. The lowest BCUT2D eigenvalue weighted by atomic mass is 9.70. The lowest BCUT2D eigenvalue weighted by Gasteiger charge is -2.33. The molecule has 0 radical (unpaired) electrons. The number of thiophene rings is 1. The maximum atomic E-state index is 12.6. The van der Waals surface area contributed by atoms with Crippen molar-refractivity contribution >= 4 is 28.9 Å². The predicted molar refractivity (Wildman–Crippen MR) is 75.8 cm³/mol. The Morgan fingerprint density at radius 1 is 1.38 bits per heavy atom. The van der Waals surface area contributed by atoms with Gasteiger partial charge in [-0.1, -0.05) is 12.2 Å². The summed E-state index contributed by atoms with van der Waals surface area (Å²) < 4.78 is 4.69. The fourth-order valence-corrected chi connectivity index (χ4v) is 4.30. The number of aliphatic hydroxyl groups excluding tert-OH is 1. The Kier molecular flexibility index (Phi) is 3.30. The molecule has 0 aliphatic heterocycles. The van der Waals surface area contributed by atoms with Gasteiger partial charge in [0.15, 0.2) is 11.6 Å². The number of carbonyl (C=O) groups is 3. The quantitative estimate of drug-likeness (QED) is 0.632. The van der Waals surface area contributed by atoms with E-state index in [-0.39, 0.29) is 21.3 Å². The first-order chi connectivity index (χ1) is 9.97. The van der Waals surface area contributed by atoms with Gasteiger partial charge in [-0.15, -0.1) is 11.3 Å². The van der Waals surface area contributed by atoms with Crippen LogP contribution in [-0.2, 0) is 4.74 Å². The normalized spacial score (nSPS) is 27.3. The van der Waals surface area contributed by atoms with Gasteiger partial charge in [0.25, 0.3) is 0 Å². The van der Waals surface area contributed by atoms with E-state index in [4.69, 9.17) is 4.74 Å². The largest absolute Gasteiger partial charge is 0.465 e. The van der Waals surface area contributed by atoms with Crippen molar-refractivity contribution in [2.24, 2.45) is 11.8 Å². The zero-order chi connectivity index (χ0) is 15.3. The molecule has 5 nitrogen and oxygen atoms in total. The Morgan fingerprint density at radius 2 is 2.10 bits per heavy atom. The molecule has 0 bridgehead atoms. The average Bonchev–Trinajstić information content (AvgIpc) is 2.82. The summed E-state index contributed by atoms with van der Waals surface area (Å²) >= 11 is 0.984. The average molecular weight is 306 g/mol. The number of ketones is 2. The molecule has 3 unspecified atom stereocenters. The van der Waals surface area contributed by atoms with Crippen molar-refractivity contribution in [2.45, 2.75) is 19.4 Å². The van der Waals surface area contributed by atoms with Crippen LogP contribution in [0.3, 0.4) is 0 Å². The molecule has 1 aromatic heterocycles. The molecule has 1 heterocycles. The van der Waals surface area contributed by atoms with E-state index in [1.807, 2.05) is 0 Å². The van der Waals surface area contributed by atoms with E-state index < -0.39 is 23.9 Å². The SMILES string of the molecule is COC(=O)c1sc2c(c1C)C(=O)C1CC=CC(O)C1C2=O. The molecule has 1 N–H and O–H groups in total. The Labute approximate surface area is 125 Å². The number of allylic oxidation sites excluding steroid dienone is 1. The van der Waals surface area contributed by atoms with Crippen LogP contribution in [0, 0.1) is 18.8 Å². The van der Waals surface area contributed by atoms with Crippen LogP contribution < -0.4 is 0 Å². The first-order valence-electron chi connectivity index (χ1n) is 6.62. The number of carbonyl (C=O) groups excluding carboxylic acids is 3. The van der Waals surface area contributed by atoms with Crippen LogP contribution >= 0.6 is 11.3 Å². The van der Waals surface area contributed by atoms with Gasteiger partial charge in [-0.2, -0.15) is 0 Å². The van der Waals surface area contributed by atoms with Crippen LogP contribution in [0.5, 0.6) is 0 Å². The van der Waals surface area contributed by atoms with E-state index in [0.29, 0.717) is 17.5 Å². The summed E-state index contributed by atoms with van der Waals surface area (Å²) in [5.41, 5.74) is 0.830. The lowest BCUT2D eigenvalue weighted by molar-refractivity contribution is 0.0530. The Morgan fingerprint density at radius 3 is 2.76 bits per heavy atom. The number of esters is 1. The van der Waals surface area contributed by atoms with Gasteiger partial charge in [0.05, 0.1) is 24.0 Å². The first-order valence-corrected chi connectivity index (χ1v) is 7.43. The van der Waals surface area contributed by atoms with Crippen molar-refractivity contribution in [1.82, 2.24) is 0 Å². The van der Waals surface area contributed by atoms with Crippen molar-refractivity contribution in [2.75, 3.05) is 7.11 Å². The van der Waals surface area contributed by atoms with Crippen molar-refractivity contribution in [3.8, 4) is 0 Å². The Balaban J connectivity index is 2.17. The standard InChI is InChI=1S/C15H14O5S/c1-6-9-11(17)7-4-3-5-8(16)10(7)12(18)14(9)21-13(6)15(19)20-2/h3,5,7-8,10,16H,4H2,1-2H3. The monoisotopic (exact) mass is 306 g/mol. The molecule has 1 aromatic rings. The van der Waals surface area contributed by atoms with Crippen LogP contribution in [-0.4, -0.2) is 35.9 Å². The van der Waals surface area contributed by atoms with Gasteiger partial charge in [0, 0.05) is 11.5 Å². The lowest BCUT2D eigenvalue weighted by Crippen LogP contribution is -2.43. The van der Waals surface area contributed by atoms with Gasteiger partial charge >= 0.3 is 5.97 Å². The maximum absolute atomic E-state index is 12.6. The number of ether oxygens (including phenoxy) is 1. The molecule has 6 heteroatoms. The molecule has 0 aromatic carbocycles. The third-order valence-corrected chi connectivity index (χ3v) is 5.44. The number of Topliss-reactive ketones (excluding diaryl/α,β-unsaturated/α-hetero) is 2. The van der Waals surface area contributed by atoms with Crippen LogP contribution in [0.15, 0.2) is 12.2 Å². The predicted octanol–water partition coefficient (Wildman–Crippen LogP) is 1.78. The highest BCUT2D eigenvalue weighted by molar-refractivity contribution is 7.16. The molecular weight excluding hydrogens is 292 g/mol. The minimum Gasteiger partial charge on any atom is -0.465 e. The van der Waals surface area contributed by atoms with Gasteiger partial charge < -0.3 is 9.84 Å². The number of hydrogen-bond donors (Lipinski definition) is 1. The van der Waals surface area contributed by atoms with E-state index in [2.05, 4.69) is 0 Å². The second kappa shape index (κ2) is 4.89. The molecule has 0 fully saturated rings. The highest BCUT2D eigenvalue weighted by atomic mass is 32.1. The molecule has 2 aliphatic rings. The smallest absolute Gasteiger partial charge is 0.348 e. The topological polar surface area (TPSA) is 80.7 Å². The molecule has 0 saturated carbocycles. The van der Waals surface area contributed by atoms with Crippen LogP contribution in [0.2, 0.25) is 0 Å². The Bertz CT molecular complexity index is 684. The van der Waals surface area contributed by atoms with Crippen LogP contribution in [0.1, 0.15) is 41.7 Å². The van der Waals surface area contributed by atoms with Gasteiger partial charge in [0.2, 0.25) is 0 Å².